The van der Waals surface area contributed by atoms with Crippen LogP contribution in [0.25, 0.3) is 0 Å². The Morgan fingerprint density at radius 1 is 1.21 bits per heavy atom. The number of carbonyl (C=O) groups is 2. The Hall–Kier alpha value is -2.76. The lowest BCUT2D eigenvalue weighted by Gasteiger charge is -2.07. The van der Waals surface area contributed by atoms with Crippen molar-refractivity contribution < 1.29 is 23.8 Å². The van der Waals surface area contributed by atoms with Crippen molar-refractivity contribution in [2.24, 2.45) is 0 Å². The summed E-state index contributed by atoms with van der Waals surface area (Å²) >= 11 is 0. The van der Waals surface area contributed by atoms with E-state index in [1.807, 2.05) is 12.1 Å². The Bertz CT molecular complexity index is 703. The summed E-state index contributed by atoms with van der Waals surface area (Å²) in [6.45, 7) is 4.33. The first-order chi connectivity index (χ1) is 11.5. The predicted molar refractivity (Wildman–Crippen MR) is 88.2 cm³/mol. The van der Waals surface area contributed by atoms with Gasteiger partial charge in [0, 0.05) is 13.0 Å². The van der Waals surface area contributed by atoms with Crippen molar-refractivity contribution in [2.75, 3.05) is 6.61 Å². The number of aryl methyl sites for hydroxylation is 2. The van der Waals surface area contributed by atoms with Gasteiger partial charge in [-0.1, -0.05) is 12.1 Å². The number of nitrogens with one attached hydrogen (secondary N) is 1. The van der Waals surface area contributed by atoms with Gasteiger partial charge in [0.1, 0.15) is 17.3 Å². The first-order valence-electron chi connectivity index (χ1n) is 7.74. The summed E-state index contributed by atoms with van der Waals surface area (Å²) < 4.78 is 10.8. The van der Waals surface area contributed by atoms with Gasteiger partial charge >= 0.3 is 5.97 Å². The minimum absolute atomic E-state index is 0.0943. The highest BCUT2D eigenvalue weighted by Gasteiger charge is 2.12. The molecule has 0 aliphatic rings. The molecule has 6 nitrogen and oxygen atoms in total. The van der Waals surface area contributed by atoms with E-state index in [-0.39, 0.29) is 12.3 Å². The molecule has 0 fully saturated rings. The van der Waals surface area contributed by atoms with Gasteiger partial charge in [-0.05, 0) is 44.0 Å². The summed E-state index contributed by atoms with van der Waals surface area (Å²) in [6, 6.07) is 9.05. The zero-order valence-electron chi connectivity index (χ0n) is 13.8. The van der Waals surface area contributed by atoms with Crippen molar-refractivity contribution in [2.45, 2.75) is 33.2 Å². The van der Waals surface area contributed by atoms with E-state index in [1.54, 1.807) is 32.0 Å². The van der Waals surface area contributed by atoms with E-state index in [0.717, 1.165) is 5.56 Å². The molecule has 1 heterocycles. The van der Waals surface area contributed by atoms with Crippen LogP contribution in [0.2, 0.25) is 0 Å². The van der Waals surface area contributed by atoms with Gasteiger partial charge in [0.2, 0.25) is 0 Å². The zero-order chi connectivity index (χ0) is 17.5. The van der Waals surface area contributed by atoms with Crippen LogP contribution < -0.4 is 10.1 Å². The highest BCUT2D eigenvalue weighted by molar-refractivity contribution is 5.95. The van der Waals surface area contributed by atoms with Crippen LogP contribution in [-0.4, -0.2) is 23.6 Å². The Morgan fingerprint density at radius 2 is 1.92 bits per heavy atom. The fourth-order valence-electron chi connectivity index (χ4n) is 2.25. The van der Waals surface area contributed by atoms with Crippen LogP contribution in [0.15, 0.2) is 34.7 Å². The maximum Gasteiger partial charge on any atom is 0.303 e. The molecule has 1 aromatic heterocycles. The van der Waals surface area contributed by atoms with E-state index in [9.17, 15) is 9.59 Å². The van der Waals surface area contributed by atoms with E-state index < -0.39 is 5.97 Å². The normalized spacial score (nSPS) is 10.4. The monoisotopic (exact) mass is 331 g/mol. The fourth-order valence-corrected chi connectivity index (χ4v) is 2.25. The number of amides is 1. The summed E-state index contributed by atoms with van der Waals surface area (Å²) in [7, 11) is 0. The van der Waals surface area contributed by atoms with E-state index in [1.165, 1.54) is 0 Å². The SMILES string of the molecule is Cc1cc(C(=O)NCc2ccc(OCCCC(=O)O)cc2)c(C)o1. The van der Waals surface area contributed by atoms with Crippen molar-refractivity contribution in [3.63, 3.8) is 0 Å². The average Bonchev–Trinajstić information content (AvgIpc) is 2.89. The predicted octanol–water partition coefficient (Wildman–Crippen LogP) is 3.07. The number of rotatable bonds is 8. The molecule has 0 aliphatic heterocycles. The number of hydrogen-bond acceptors (Lipinski definition) is 4. The molecule has 0 unspecified atom stereocenters. The maximum atomic E-state index is 12.1. The lowest BCUT2D eigenvalue weighted by molar-refractivity contribution is -0.137. The molecule has 0 saturated heterocycles. The third kappa shape index (κ3) is 5.15. The van der Waals surface area contributed by atoms with E-state index in [0.29, 0.717) is 42.4 Å². The fraction of sp³-hybridized carbons (Fsp3) is 0.333. The summed E-state index contributed by atoms with van der Waals surface area (Å²) in [4.78, 5) is 22.5. The summed E-state index contributed by atoms with van der Waals surface area (Å²) in [5, 5.41) is 11.4. The number of carbonyl (C=O) groups excluding carboxylic acids is 1. The Kier molecular flexibility index (Phi) is 6.01. The summed E-state index contributed by atoms with van der Waals surface area (Å²) in [5.74, 6) is 1.00. The topological polar surface area (TPSA) is 88.8 Å². The second-order valence-electron chi connectivity index (χ2n) is 5.50. The van der Waals surface area contributed by atoms with Gasteiger partial charge < -0.3 is 19.6 Å². The average molecular weight is 331 g/mol. The molecule has 24 heavy (non-hydrogen) atoms. The zero-order valence-corrected chi connectivity index (χ0v) is 13.8. The largest absolute Gasteiger partial charge is 0.494 e. The third-order valence-corrected chi connectivity index (χ3v) is 3.47. The standard InChI is InChI=1S/C18H21NO5/c1-12-10-16(13(2)24-12)18(22)19-11-14-5-7-15(8-6-14)23-9-3-4-17(20)21/h5-8,10H,3-4,9,11H2,1-2H3,(H,19,22)(H,20,21). The summed E-state index contributed by atoms with van der Waals surface area (Å²) in [5.41, 5.74) is 1.49. The number of benzene rings is 1. The maximum absolute atomic E-state index is 12.1. The van der Waals surface area contributed by atoms with E-state index >= 15 is 0 Å². The molecule has 2 N–H and O–H groups in total. The molecule has 0 radical (unpaired) electrons. The van der Waals surface area contributed by atoms with E-state index in [4.69, 9.17) is 14.3 Å². The van der Waals surface area contributed by atoms with Crippen molar-refractivity contribution in [3.8, 4) is 5.75 Å². The molecule has 128 valence electrons. The van der Waals surface area contributed by atoms with Gasteiger partial charge in [-0.2, -0.15) is 0 Å². The van der Waals surface area contributed by atoms with Crippen LogP contribution in [0.1, 0.15) is 40.3 Å². The molecule has 1 amide bonds. The highest BCUT2D eigenvalue weighted by atomic mass is 16.5. The Morgan fingerprint density at radius 3 is 2.50 bits per heavy atom. The minimum Gasteiger partial charge on any atom is -0.494 e. The molecule has 0 bridgehead atoms. The van der Waals surface area contributed by atoms with Gasteiger partial charge in [0.25, 0.3) is 5.91 Å². The van der Waals surface area contributed by atoms with Gasteiger partial charge in [-0.3, -0.25) is 9.59 Å². The number of carboxylic acids is 1. The molecule has 2 rings (SSSR count). The van der Waals surface area contributed by atoms with Crippen molar-refractivity contribution >= 4 is 11.9 Å². The second kappa shape index (κ2) is 8.19. The smallest absolute Gasteiger partial charge is 0.303 e. The molecule has 0 aliphatic carbocycles. The van der Waals surface area contributed by atoms with Crippen molar-refractivity contribution in [3.05, 3.63) is 53.0 Å². The van der Waals surface area contributed by atoms with Crippen LogP contribution >= 0.6 is 0 Å². The lowest BCUT2D eigenvalue weighted by Crippen LogP contribution is -2.22. The third-order valence-electron chi connectivity index (χ3n) is 3.47. The molecule has 0 spiro atoms. The molecular weight excluding hydrogens is 310 g/mol. The van der Waals surface area contributed by atoms with Crippen LogP contribution in [0.4, 0.5) is 0 Å². The van der Waals surface area contributed by atoms with Crippen molar-refractivity contribution in [1.82, 2.24) is 5.32 Å². The first kappa shape index (κ1) is 17.6. The molecule has 6 heteroatoms. The van der Waals surface area contributed by atoms with Crippen LogP contribution in [0, 0.1) is 13.8 Å². The number of ether oxygens (including phenoxy) is 1. The summed E-state index contributed by atoms with van der Waals surface area (Å²) in [6.07, 6.45) is 0.563. The minimum atomic E-state index is -0.826. The first-order valence-corrected chi connectivity index (χ1v) is 7.74. The quantitative estimate of drug-likeness (QED) is 0.726. The highest BCUT2D eigenvalue weighted by Crippen LogP contribution is 2.15. The van der Waals surface area contributed by atoms with Gasteiger partial charge in [0.05, 0.1) is 12.2 Å². The lowest BCUT2D eigenvalue weighted by atomic mass is 10.2. The molecular formula is C18H21NO5. The van der Waals surface area contributed by atoms with Crippen molar-refractivity contribution in [1.29, 1.82) is 0 Å². The molecule has 2 aromatic rings. The second-order valence-corrected chi connectivity index (χ2v) is 5.50. The number of hydrogen-bond donors (Lipinski definition) is 2. The van der Waals surface area contributed by atoms with Crippen LogP contribution in [0.3, 0.4) is 0 Å². The van der Waals surface area contributed by atoms with Gasteiger partial charge in [-0.25, -0.2) is 0 Å². The van der Waals surface area contributed by atoms with E-state index in [2.05, 4.69) is 5.32 Å². The Balaban J connectivity index is 1.80. The number of furan rings is 1. The van der Waals surface area contributed by atoms with Crippen LogP contribution in [-0.2, 0) is 11.3 Å². The number of carboxylic acid groups (broad SMARTS) is 1. The Labute approximate surface area is 140 Å². The molecule has 0 saturated carbocycles. The van der Waals surface area contributed by atoms with Gasteiger partial charge in [0.15, 0.2) is 0 Å². The van der Waals surface area contributed by atoms with Crippen LogP contribution in [0.5, 0.6) is 5.75 Å². The number of aliphatic carboxylic acids is 1. The van der Waals surface area contributed by atoms with Gasteiger partial charge in [-0.15, -0.1) is 0 Å². The molecule has 1 aromatic carbocycles. The molecule has 0 atom stereocenters.